The third-order valence-electron chi connectivity index (χ3n) is 3.78. The molecule has 2 aromatic rings. The van der Waals surface area contributed by atoms with Gasteiger partial charge in [0.1, 0.15) is 0 Å². The van der Waals surface area contributed by atoms with Crippen molar-refractivity contribution in [2.24, 2.45) is 0 Å². The zero-order valence-corrected chi connectivity index (χ0v) is 11.9. The van der Waals surface area contributed by atoms with E-state index < -0.39 is 23.3 Å². The van der Waals surface area contributed by atoms with Crippen molar-refractivity contribution in [2.45, 2.75) is 12.5 Å². The number of amides is 1. The van der Waals surface area contributed by atoms with Crippen molar-refractivity contribution in [3.63, 3.8) is 0 Å². The molecule has 22 heavy (non-hydrogen) atoms. The van der Waals surface area contributed by atoms with E-state index in [1.165, 1.54) is 9.58 Å². The van der Waals surface area contributed by atoms with E-state index in [4.69, 9.17) is 5.11 Å². The normalized spacial score (nSPS) is 17.4. The smallest absolute Gasteiger partial charge is 0.360 e. The number of hydrogen-bond acceptors (Lipinski definition) is 4. The second-order valence-corrected chi connectivity index (χ2v) is 5.32. The van der Waals surface area contributed by atoms with Gasteiger partial charge in [0.15, 0.2) is 11.4 Å². The van der Waals surface area contributed by atoms with E-state index in [1.54, 1.807) is 7.05 Å². The molecule has 0 radical (unpaired) electrons. The topological polar surface area (TPSA) is 95.7 Å². The molecule has 2 heterocycles. The van der Waals surface area contributed by atoms with Gasteiger partial charge < -0.3 is 15.1 Å². The quantitative estimate of drug-likeness (QED) is 0.887. The summed E-state index contributed by atoms with van der Waals surface area (Å²) in [6, 6.07) is 9.43. The number of aromatic carboxylic acids is 1. The van der Waals surface area contributed by atoms with Crippen molar-refractivity contribution < 1.29 is 19.8 Å². The van der Waals surface area contributed by atoms with Gasteiger partial charge in [-0.2, -0.15) is 5.10 Å². The van der Waals surface area contributed by atoms with Crippen LogP contribution in [0.25, 0.3) is 0 Å². The molecule has 1 aliphatic rings. The number of nitrogens with zero attached hydrogens (tertiary/aromatic N) is 3. The molecule has 0 spiro atoms. The highest BCUT2D eigenvalue weighted by Crippen LogP contribution is 2.31. The van der Waals surface area contributed by atoms with Gasteiger partial charge in [-0.1, -0.05) is 30.3 Å². The summed E-state index contributed by atoms with van der Waals surface area (Å²) in [4.78, 5) is 24.8. The third kappa shape index (κ3) is 2.20. The first-order valence-electron chi connectivity index (χ1n) is 6.83. The fourth-order valence-corrected chi connectivity index (χ4v) is 2.73. The summed E-state index contributed by atoms with van der Waals surface area (Å²) in [6.45, 7) is 0.404. The molecule has 7 heteroatoms. The van der Waals surface area contributed by atoms with Gasteiger partial charge in [0.2, 0.25) is 5.69 Å². The molecule has 0 saturated carbocycles. The molecule has 0 aliphatic carbocycles. The van der Waals surface area contributed by atoms with Gasteiger partial charge in [0.05, 0.1) is 6.04 Å². The van der Waals surface area contributed by atoms with Gasteiger partial charge in [-0.15, -0.1) is 0 Å². The molecule has 2 N–H and O–H groups in total. The molecule has 0 bridgehead atoms. The van der Waals surface area contributed by atoms with Crippen molar-refractivity contribution in [2.75, 3.05) is 13.6 Å². The minimum Gasteiger partial charge on any atom is -0.503 e. The maximum absolute atomic E-state index is 12.2. The third-order valence-corrected chi connectivity index (χ3v) is 3.78. The Balaban J connectivity index is 2.04. The average molecular weight is 301 g/mol. The number of benzene rings is 1. The highest BCUT2D eigenvalue weighted by molar-refractivity contribution is 6.00. The summed E-state index contributed by atoms with van der Waals surface area (Å²) in [5.41, 5.74) is 0.497. The largest absolute Gasteiger partial charge is 0.503 e. The number of rotatable bonds is 3. The first-order chi connectivity index (χ1) is 10.5. The van der Waals surface area contributed by atoms with Gasteiger partial charge >= 0.3 is 5.97 Å². The van der Waals surface area contributed by atoms with Gasteiger partial charge in [-0.3, -0.25) is 9.48 Å². The molecule has 0 fully saturated rings. The predicted octanol–water partition coefficient (Wildman–Crippen LogP) is 1.16. The molecule has 3 rings (SSSR count). The number of aromatic hydroxyl groups is 1. The Bertz CT molecular complexity index is 739. The first-order valence-corrected chi connectivity index (χ1v) is 6.83. The summed E-state index contributed by atoms with van der Waals surface area (Å²) in [7, 11) is 1.62. The van der Waals surface area contributed by atoms with Crippen molar-refractivity contribution in [3.8, 4) is 5.75 Å². The molecule has 114 valence electrons. The highest BCUT2D eigenvalue weighted by atomic mass is 16.4. The maximum atomic E-state index is 12.2. The lowest BCUT2D eigenvalue weighted by Crippen LogP contribution is -2.41. The Hall–Kier alpha value is -2.83. The van der Waals surface area contributed by atoms with Crippen LogP contribution >= 0.6 is 0 Å². The summed E-state index contributed by atoms with van der Waals surface area (Å²) in [6.07, 6.45) is 0.589. The molecule has 1 aliphatic heterocycles. The molecule has 0 saturated heterocycles. The molecule has 1 aromatic carbocycles. The van der Waals surface area contributed by atoms with Crippen LogP contribution in [0.15, 0.2) is 30.3 Å². The average Bonchev–Trinajstić information content (AvgIpc) is 2.84. The van der Waals surface area contributed by atoms with E-state index in [0.717, 1.165) is 5.56 Å². The standard InChI is InChI=1S/C15H15N3O4/c1-17-8-10(7-9-5-3-2-4-6-9)18-12(14(17)20)13(19)11(16-18)15(21)22/h2-6,10,19H,7-8H2,1H3,(H,21,22). The zero-order valence-electron chi connectivity index (χ0n) is 11.9. The van der Waals surface area contributed by atoms with E-state index in [9.17, 15) is 14.7 Å². The summed E-state index contributed by atoms with van der Waals surface area (Å²) < 4.78 is 1.34. The van der Waals surface area contributed by atoms with Crippen LogP contribution in [0.4, 0.5) is 0 Å². The number of hydrogen-bond donors (Lipinski definition) is 2. The molecule has 1 atom stereocenters. The number of fused-ring (bicyclic) bond motifs is 1. The molecule has 1 unspecified atom stereocenters. The number of carbonyl (C=O) groups excluding carboxylic acids is 1. The van der Waals surface area contributed by atoms with Crippen LogP contribution < -0.4 is 0 Å². The van der Waals surface area contributed by atoms with Crippen LogP contribution in [0.3, 0.4) is 0 Å². The van der Waals surface area contributed by atoms with Crippen LogP contribution in [0.1, 0.15) is 32.6 Å². The van der Waals surface area contributed by atoms with Crippen molar-refractivity contribution in [1.82, 2.24) is 14.7 Å². The van der Waals surface area contributed by atoms with E-state index in [2.05, 4.69) is 5.10 Å². The number of aromatic nitrogens is 2. The van der Waals surface area contributed by atoms with Crippen molar-refractivity contribution >= 4 is 11.9 Å². The minimum atomic E-state index is -1.35. The van der Waals surface area contributed by atoms with E-state index in [0.29, 0.717) is 13.0 Å². The zero-order chi connectivity index (χ0) is 15.9. The van der Waals surface area contributed by atoms with Crippen molar-refractivity contribution in [3.05, 3.63) is 47.3 Å². The number of likely N-dealkylation sites (N-methyl/N-ethyl adjacent to an activating group) is 1. The molecular formula is C15H15N3O4. The summed E-state index contributed by atoms with van der Waals surface area (Å²) in [5, 5.41) is 23.0. The number of carboxylic acid groups (broad SMARTS) is 1. The fourth-order valence-electron chi connectivity index (χ4n) is 2.73. The highest BCUT2D eigenvalue weighted by Gasteiger charge is 2.36. The number of carboxylic acids is 1. The molecule has 1 aromatic heterocycles. The lowest BCUT2D eigenvalue weighted by atomic mass is 10.0. The van der Waals surface area contributed by atoms with Gasteiger partial charge in [0, 0.05) is 13.6 Å². The maximum Gasteiger partial charge on any atom is 0.360 e. The van der Waals surface area contributed by atoms with E-state index in [-0.39, 0.29) is 11.7 Å². The SMILES string of the molecule is CN1CC(Cc2ccccc2)n2nc(C(=O)O)c(O)c2C1=O. The lowest BCUT2D eigenvalue weighted by Gasteiger charge is -2.31. The molecule has 7 nitrogen and oxygen atoms in total. The monoisotopic (exact) mass is 301 g/mol. The number of carbonyl (C=O) groups is 2. The summed E-state index contributed by atoms with van der Waals surface area (Å²) in [5.74, 6) is -2.35. The van der Waals surface area contributed by atoms with Crippen LogP contribution in [-0.4, -0.2) is 50.4 Å². The molecule has 1 amide bonds. The van der Waals surface area contributed by atoms with Crippen molar-refractivity contribution in [1.29, 1.82) is 0 Å². The van der Waals surface area contributed by atoms with Gasteiger partial charge in [-0.05, 0) is 12.0 Å². The van der Waals surface area contributed by atoms with Crippen LogP contribution in [0.2, 0.25) is 0 Å². The fraction of sp³-hybridized carbons (Fsp3) is 0.267. The Morgan fingerprint density at radius 1 is 1.36 bits per heavy atom. The minimum absolute atomic E-state index is 0.0629. The Kier molecular flexibility index (Phi) is 3.32. The predicted molar refractivity (Wildman–Crippen MR) is 77.0 cm³/mol. The summed E-state index contributed by atoms with van der Waals surface area (Å²) >= 11 is 0. The van der Waals surface area contributed by atoms with Crippen LogP contribution in [0.5, 0.6) is 5.75 Å². The van der Waals surface area contributed by atoms with Crippen LogP contribution in [-0.2, 0) is 6.42 Å². The van der Waals surface area contributed by atoms with E-state index in [1.807, 2.05) is 30.3 Å². The second-order valence-electron chi connectivity index (χ2n) is 5.32. The first kappa shape index (κ1) is 14.1. The van der Waals surface area contributed by atoms with E-state index >= 15 is 0 Å². The molecular weight excluding hydrogens is 286 g/mol. The Morgan fingerprint density at radius 2 is 2.05 bits per heavy atom. The van der Waals surface area contributed by atoms with Gasteiger partial charge in [-0.25, -0.2) is 4.79 Å². The van der Waals surface area contributed by atoms with Crippen LogP contribution in [0, 0.1) is 0 Å². The Morgan fingerprint density at radius 3 is 2.68 bits per heavy atom. The second kappa shape index (κ2) is 5.18. The Labute approximate surface area is 126 Å². The lowest BCUT2D eigenvalue weighted by molar-refractivity contribution is 0.0677. The van der Waals surface area contributed by atoms with Gasteiger partial charge in [0.25, 0.3) is 5.91 Å².